The van der Waals surface area contributed by atoms with E-state index in [1.807, 2.05) is 0 Å². The molecule has 1 aliphatic rings. The molecular weight excluding hydrogens is 266 g/mol. The lowest BCUT2D eigenvalue weighted by atomic mass is 10.3. The van der Waals surface area contributed by atoms with E-state index < -0.39 is 16.7 Å². The summed E-state index contributed by atoms with van der Waals surface area (Å²) in [5.74, 6) is -0.893. The van der Waals surface area contributed by atoms with Crippen molar-refractivity contribution in [1.82, 2.24) is 10.2 Å². The average molecular weight is 281 g/mol. The van der Waals surface area contributed by atoms with Gasteiger partial charge in [-0.15, -0.1) is 0 Å². The number of amides is 2. The highest BCUT2D eigenvalue weighted by atomic mass is 16.6. The van der Waals surface area contributed by atoms with Gasteiger partial charge in [0.15, 0.2) is 5.76 Å². The van der Waals surface area contributed by atoms with Gasteiger partial charge in [-0.2, -0.15) is 0 Å². The number of rotatable bonds is 6. The second-order valence-electron chi connectivity index (χ2n) is 4.49. The molecule has 0 aromatic carbocycles. The molecule has 2 rings (SSSR count). The fraction of sp³-hybridized carbons (Fsp3) is 0.500. The third kappa shape index (κ3) is 3.34. The second kappa shape index (κ2) is 6.18. The van der Waals surface area contributed by atoms with Crippen molar-refractivity contribution in [2.45, 2.75) is 19.3 Å². The van der Waals surface area contributed by atoms with Crippen LogP contribution in [-0.4, -0.2) is 41.3 Å². The van der Waals surface area contributed by atoms with Crippen LogP contribution < -0.4 is 5.32 Å². The summed E-state index contributed by atoms with van der Waals surface area (Å²) in [6.07, 6.45) is 2.13. The number of nitrogens with zero attached hydrogens (tertiary/aromatic N) is 2. The SMILES string of the molecule is O=C(NCCCN1CCCC1=O)c1ccc([N+](=O)[O-])o1. The first-order valence-electron chi connectivity index (χ1n) is 6.38. The van der Waals surface area contributed by atoms with Crippen molar-refractivity contribution in [3.8, 4) is 0 Å². The largest absolute Gasteiger partial charge is 0.433 e. The van der Waals surface area contributed by atoms with Gasteiger partial charge in [0.2, 0.25) is 5.91 Å². The summed E-state index contributed by atoms with van der Waals surface area (Å²) in [7, 11) is 0. The van der Waals surface area contributed by atoms with Crippen molar-refractivity contribution in [1.29, 1.82) is 0 Å². The fourth-order valence-corrected chi connectivity index (χ4v) is 2.05. The van der Waals surface area contributed by atoms with Crippen molar-refractivity contribution in [3.05, 3.63) is 28.0 Å². The van der Waals surface area contributed by atoms with E-state index >= 15 is 0 Å². The Kier molecular flexibility index (Phi) is 4.34. The van der Waals surface area contributed by atoms with Gasteiger partial charge in [-0.05, 0) is 18.9 Å². The molecule has 0 bridgehead atoms. The Balaban J connectivity index is 1.72. The van der Waals surface area contributed by atoms with Crippen molar-refractivity contribution < 1.29 is 18.9 Å². The first kappa shape index (κ1) is 14.0. The molecule has 108 valence electrons. The lowest BCUT2D eigenvalue weighted by Crippen LogP contribution is -2.30. The Labute approximate surface area is 114 Å². The number of carbonyl (C=O) groups is 2. The predicted molar refractivity (Wildman–Crippen MR) is 68.1 cm³/mol. The molecule has 0 spiro atoms. The quantitative estimate of drug-likeness (QED) is 0.474. The van der Waals surface area contributed by atoms with Crippen molar-refractivity contribution >= 4 is 17.7 Å². The van der Waals surface area contributed by atoms with E-state index in [1.54, 1.807) is 4.90 Å². The highest BCUT2D eigenvalue weighted by molar-refractivity contribution is 5.91. The molecule has 0 atom stereocenters. The molecule has 0 saturated carbocycles. The van der Waals surface area contributed by atoms with E-state index in [9.17, 15) is 19.7 Å². The van der Waals surface area contributed by atoms with Crippen molar-refractivity contribution in [3.63, 3.8) is 0 Å². The Morgan fingerprint density at radius 1 is 1.50 bits per heavy atom. The number of furan rings is 1. The zero-order chi connectivity index (χ0) is 14.5. The van der Waals surface area contributed by atoms with Crippen LogP contribution in [-0.2, 0) is 4.79 Å². The predicted octanol–water partition coefficient (Wildman–Crippen LogP) is 0.930. The van der Waals surface area contributed by atoms with Crippen LogP contribution in [0.5, 0.6) is 0 Å². The highest BCUT2D eigenvalue weighted by Gasteiger charge is 2.20. The topological polar surface area (TPSA) is 106 Å². The van der Waals surface area contributed by atoms with E-state index in [0.29, 0.717) is 25.9 Å². The highest BCUT2D eigenvalue weighted by Crippen LogP contribution is 2.15. The number of hydrogen-bond donors (Lipinski definition) is 1. The van der Waals surface area contributed by atoms with Crippen LogP contribution in [0.4, 0.5) is 5.88 Å². The Morgan fingerprint density at radius 3 is 2.90 bits per heavy atom. The van der Waals surface area contributed by atoms with E-state index in [0.717, 1.165) is 19.0 Å². The molecule has 1 aromatic rings. The number of hydrogen-bond acceptors (Lipinski definition) is 5. The molecule has 20 heavy (non-hydrogen) atoms. The van der Waals surface area contributed by atoms with Crippen LogP contribution in [0.2, 0.25) is 0 Å². The minimum atomic E-state index is -0.699. The number of nitro groups is 1. The van der Waals surface area contributed by atoms with Gasteiger partial charge in [0.1, 0.15) is 4.92 Å². The summed E-state index contributed by atoms with van der Waals surface area (Å²) >= 11 is 0. The summed E-state index contributed by atoms with van der Waals surface area (Å²) in [5.41, 5.74) is 0. The van der Waals surface area contributed by atoms with Gasteiger partial charge < -0.3 is 14.6 Å². The van der Waals surface area contributed by atoms with Crippen molar-refractivity contribution in [2.24, 2.45) is 0 Å². The standard InChI is InChI=1S/C12H15N3O5/c16-10-3-1-7-14(10)8-2-6-13-12(17)9-4-5-11(20-9)15(18)19/h4-5H,1-3,6-8H2,(H,13,17). The van der Waals surface area contributed by atoms with Gasteiger partial charge in [0.05, 0.1) is 6.07 Å². The molecule has 0 aliphatic carbocycles. The molecule has 0 radical (unpaired) electrons. The zero-order valence-electron chi connectivity index (χ0n) is 10.8. The van der Waals surface area contributed by atoms with Crippen LogP contribution in [0.1, 0.15) is 29.8 Å². The molecule has 8 nitrogen and oxygen atoms in total. The molecule has 1 aromatic heterocycles. The molecule has 1 saturated heterocycles. The smallest absolute Gasteiger partial charge is 0.395 e. The average Bonchev–Trinajstić information content (AvgIpc) is 3.03. The van der Waals surface area contributed by atoms with E-state index in [-0.39, 0.29) is 11.7 Å². The van der Waals surface area contributed by atoms with Crippen molar-refractivity contribution in [2.75, 3.05) is 19.6 Å². The molecule has 8 heteroatoms. The number of nitrogens with one attached hydrogen (secondary N) is 1. The summed E-state index contributed by atoms with van der Waals surface area (Å²) in [6, 6.07) is 2.40. The van der Waals surface area contributed by atoms with E-state index in [2.05, 4.69) is 5.32 Å². The minimum Gasteiger partial charge on any atom is -0.395 e. The molecule has 1 aliphatic heterocycles. The molecule has 1 N–H and O–H groups in total. The maximum Gasteiger partial charge on any atom is 0.433 e. The maximum absolute atomic E-state index is 11.6. The normalized spacial score (nSPS) is 14.6. The van der Waals surface area contributed by atoms with Crippen LogP contribution >= 0.6 is 0 Å². The van der Waals surface area contributed by atoms with Gasteiger partial charge in [-0.3, -0.25) is 19.7 Å². The molecule has 0 unspecified atom stereocenters. The lowest BCUT2D eigenvalue weighted by Gasteiger charge is -2.14. The third-order valence-corrected chi connectivity index (χ3v) is 3.06. The van der Waals surface area contributed by atoms with Gasteiger partial charge in [-0.25, -0.2) is 0 Å². The second-order valence-corrected chi connectivity index (χ2v) is 4.49. The van der Waals surface area contributed by atoms with Crippen LogP contribution in [0.15, 0.2) is 16.5 Å². The minimum absolute atomic E-state index is 0.0889. The first-order valence-corrected chi connectivity index (χ1v) is 6.38. The number of carbonyl (C=O) groups excluding carboxylic acids is 2. The maximum atomic E-state index is 11.6. The molecule has 2 amide bonds. The third-order valence-electron chi connectivity index (χ3n) is 3.06. The number of likely N-dealkylation sites (tertiary alicyclic amines) is 1. The van der Waals surface area contributed by atoms with Crippen LogP contribution in [0, 0.1) is 10.1 Å². The Hall–Kier alpha value is -2.38. The Morgan fingerprint density at radius 2 is 2.30 bits per heavy atom. The zero-order valence-corrected chi connectivity index (χ0v) is 10.8. The van der Waals surface area contributed by atoms with E-state index in [4.69, 9.17) is 4.42 Å². The summed E-state index contributed by atoms with van der Waals surface area (Å²) in [6.45, 7) is 1.77. The lowest BCUT2D eigenvalue weighted by molar-refractivity contribution is -0.402. The van der Waals surface area contributed by atoms with Gasteiger partial charge in [0, 0.05) is 26.1 Å². The molecule has 2 heterocycles. The summed E-state index contributed by atoms with van der Waals surface area (Å²) in [5, 5.41) is 13.0. The summed E-state index contributed by atoms with van der Waals surface area (Å²) < 4.78 is 4.78. The van der Waals surface area contributed by atoms with Gasteiger partial charge in [-0.1, -0.05) is 0 Å². The fourth-order valence-electron chi connectivity index (χ4n) is 2.05. The Bertz CT molecular complexity index is 525. The van der Waals surface area contributed by atoms with Crippen LogP contribution in [0.25, 0.3) is 0 Å². The molecule has 1 fully saturated rings. The first-order chi connectivity index (χ1) is 9.58. The monoisotopic (exact) mass is 281 g/mol. The van der Waals surface area contributed by atoms with Gasteiger partial charge in [0.25, 0.3) is 5.91 Å². The molecular formula is C12H15N3O5. The summed E-state index contributed by atoms with van der Waals surface area (Å²) in [4.78, 5) is 34.5. The van der Waals surface area contributed by atoms with Gasteiger partial charge >= 0.3 is 5.88 Å². The van der Waals surface area contributed by atoms with E-state index in [1.165, 1.54) is 6.07 Å². The van der Waals surface area contributed by atoms with Crippen LogP contribution in [0.3, 0.4) is 0 Å².